The molecule has 20 nitrogen and oxygen atoms in total. The fraction of sp³-hybridized carbons (Fsp3) is 0.974. The van der Waals surface area contributed by atoms with Gasteiger partial charge >= 0.3 is 88.7 Å². The van der Waals surface area contributed by atoms with E-state index in [1.54, 1.807) is 7.11 Å². The van der Waals surface area contributed by atoms with E-state index in [1.165, 1.54) is 0 Å². The maximum Gasteiger partial charge on any atom is 1.00 e. The maximum absolute atomic E-state index is 12.5. The molecule has 0 aromatic rings. The summed E-state index contributed by atoms with van der Waals surface area (Å²) in [6, 6.07) is -1.84. The van der Waals surface area contributed by atoms with Crippen LogP contribution in [0, 0.1) is 11.8 Å². The van der Waals surface area contributed by atoms with E-state index in [9.17, 15) is 36.9 Å². The molecule has 0 saturated heterocycles. The largest absolute Gasteiger partial charge is 1.00 e. The minimum atomic E-state index is -4.36. The molecule has 0 aromatic heterocycles. The summed E-state index contributed by atoms with van der Waals surface area (Å²) < 4.78 is 74.3. The number of carbonyl (C=O) groups is 1. The molecule has 0 heterocycles. The average molecular weight is 989 g/mol. The van der Waals surface area contributed by atoms with Gasteiger partial charge in [-0.2, -0.15) is 35.0 Å². The summed E-state index contributed by atoms with van der Waals surface area (Å²) in [5.74, 6) is -0.232. The SMILES string of the molecule is CCC(=O)NC1CC(N=NC2CCC(N=NC3C(OS(=O)[O-])CC4CCC(NC5CCCC(S(=O)(=O)[O-])C5)CC4C3O)C(OC)C2)CCC1N=NC1CCC(SOO[O-])CC1.[Na+].[Na+].[Na+]. The van der Waals surface area contributed by atoms with Gasteiger partial charge in [-0.25, -0.2) is 12.6 Å². The molecular weight excluding hydrogens is 926 g/mol. The van der Waals surface area contributed by atoms with Crippen molar-refractivity contribution in [3.63, 3.8) is 0 Å². The third-order valence-corrected chi connectivity index (χ3v) is 16.4. The second kappa shape index (κ2) is 29.6. The summed E-state index contributed by atoms with van der Waals surface area (Å²) in [6.45, 7) is 1.81. The van der Waals surface area contributed by atoms with E-state index in [2.05, 4.69) is 35.3 Å². The Morgan fingerprint density at radius 1 is 0.781 bits per heavy atom. The Balaban J connectivity index is 0.00000363. The molecule has 6 aliphatic rings. The van der Waals surface area contributed by atoms with Crippen LogP contribution in [0.3, 0.4) is 0 Å². The molecular formula is C38H63N8Na3O12S3. The Labute approximate surface area is 450 Å². The van der Waals surface area contributed by atoms with E-state index >= 15 is 0 Å². The van der Waals surface area contributed by atoms with Gasteiger partial charge in [-0.15, -0.1) is 0 Å². The van der Waals surface area contributed by atoms with E-state index in [-0.39, 0.29) is 173 Å². The van der Waals surface area contributed by atoms with Crippen molar-refractivity contribution in [2.45, 2.75) is 212 Å². The molecule has 6 aliphatic carbocycles. The van der Waals surface area contributed by atoms with Gasteiger partial charge in [0.15, 0.2) is 0 Å². The number of azo groups is 3. The Hall–Kier alpha value is 1.36. The number of ether oxygens (including phenoxy) is 1. The molecule has 6 saturated carbocycles. The van der Waals surface area contributed by atoms with Crippen molar-refractivity contribution in [2.75, 3.05) is 7.11 Å². The van der Waals surface area contributed by atoms with E-state index < -0.39 is 45.0 Å². The average Bonchev–Trinajstić information content (AvgIpc) is 3.24. The van der Waals surface area contributed by atoms with Crippen molar-refractivity contribution in [3.8, 4) is 0 Å². The first-order valence-corrected chi connectivity index (χ1v) is 25.4. The molecule has 1 amide bonds. The third kappa shape index (κ3) is 17.9. The zero-order valence-electron chi connectivity index (χ0n) is 38.0. The topological polar surface area (TPSA) is 293 Å². The summed E-state index contributed by atoms with van der Waals surface area (Å²) in [5, 5.41) is 59.5. The number of methoxy groups -OCH3 is 1. The Morgan fingerprint density at radius 3 is 2.08 bits per heavy atom. The van der Waals surface area contributed by atoms with Crippen LogP contribution in [0.15, 0.2) is 30.7 Å². The quantitative estimate of drug-likeness (QED) is 0.0234. The van der Waals surface area contributed by atoms with Crippen LogP contribution in [-0.4, -0.2) is 123 Å². The number of hydrogen-bond donors (Lipinski definition) is 3. The number of nitrogens with one attached hydrogen (secondary N) is 2. The number of fused-ring (bicyclic) bond motifs is 1. The minimum Gasteiger partial charge on any atom is -0.750 e. The Morgan fingerprint density at radius 2 is 1.42 bits per heavy atom. The third-order valence-electron chi connectivity index (χ3n) is 13.9. The van der Waals surface area contributed by atoms with Crippen molar-refractivity contribution < 1.29 is 144 Å². The molecule has 0 spiro atoms. The summed E-state index contributed by atoms with van der Waals surface area (Å²) >= 11 is -1.77. The predicted octanol–water partition coefficient (Wildman–Crippen LogP) is -5.17. The minimum absolute atomic E-state index is 0. The van der Waals surface area contributed by atoms with Gasteiger partial charge in [0.1, 0.15) is 12.1 Å². The molecule has 0 bridgehead atoms. The van der Waals surface area contributed by atoms with E-state index in [0.717, 1.165) is 63.4 Å². The number of carbonyl (C=O) groups excluding carboxylic acids is 1. The first-order chi connectivity index (χ1) is 29.3. The number of aliphatic hydroxyl groups is 1. The molecule has 64 heavy (non-hydrogen) atoms. The second-order valence-corrected chi connectivity index (χ2v) is 21.1. The molecule has 6 fully saturated rings. The zero-order chi connectivity index (χ0) is 43.5. The van der Waals surface area contributed by atoms with Gasteiger partial charge in [-0.05, 0) is 121 Å². The second-order valence-electron chi connectivity index (χ2n) is 17.9. The number of aliphatic hydroxyl groups excluding tert-OH is 1. The van der Waals surface area contributed by atoms with Gasteiger partial charge in [0.2, 0.25) is 5.91 Å². The first-order valence-electron chi connectivity index (χ1n) is 22.1. The van der Waals surface area contributed by atoms with Crippen molar-refractivity contribution in [3.05, 3.63) is 0 Å². The molecule has 26 heteroatoms. The standard InChI is InChI=1S/C38H66N8O12S3.3Na/c1-3-36(47)40-33-20-26(11-15-31(33)44-41-23-9-13-28(14-10-23)59-58-57-49)42-43-27-12-16-32(34(21-27)55-2)45-46-37-35(56-60(50)51)17-22-7-8-25(19-30(22)38(37)48)39-24-5-4-6-29(18-24)61(52,53)54;;;/h22-35,37-39,48-49H,3-21H2,1-2H3,(H,40,47)(H,50,51)(H,52,53,54);;;/q;3*+1/p-3. The molecule has 15 unspecified atom stereocenters. The maximum atomic E-state index is 12.5. The van der Waals surface area contributed by atoms with Gasteiger partial charge in [0, 0.05) is 42.9 Å². The van der Waals surface area contributed by atoms with Crippen molar-refractivity contribution >= 4 is 39.4 Å². The fourth-order valence-electron chi connectivity index (χ4n) is 10.6. The first kappa shape index (κ1) is 59.7. The van der Waals surface area contributed by atoms with Gasteiger partial charge in [0.25, 0.3) is 0 Å². The van der Waals surface area contributed by atoms with Gasteiger partial charge < -0.3 is 34.8 Å². The molecule has 15 atom stereocenters. The Bertz CT molecular complexity index is 1650. The van der Waals surface area contributed by atoms with Gasteiger partial charge in [0.05, 0.1) is 75.2 Å². The van der Waals surface area contributed by atoms with E-state index in [4.69, 9.17) is 24.3 Å². The van der Waals surface area contributed by atoms with Crippen LogP contribution >= 0.6 is 12.0 Å². The van der Waals surface area contributed by atoms with E-state index in [1.807, 2.05) is 6.92 Å². The van der Waals surface area contributed by atoms with Crippen LogP contribution < -0.4 is 105 Å². The molecule has 0 radical (unpaired) electrons. The number of hydrogen-bond acceptors (Lipinski definition) is 20. The van der Waals surface area contributed by atoms with Crippen LogP contribution in [0.2, 0.25) is 0 Å². The summed E-state index contributed by atoms with van der Waals surface area (Å²) in [7, 11) is -2.76. The normalized spacial score (nSPS) is 39.0. The fourth-order valence-corrected chi connectivity index (χ4v) is 12.5. The number of rotatable bonds is 17. The summed E-state index contributed by atoms with van der Waals surface area (Å²) in [5.41, 5.74) is 0. The molecule has 0 aliphatic heterocycles. The predicted molar refractivity (Wildman–Crippen MR) is 218 cm³/mol. The van der Waals surface area contributed by atoms with Crippen LogP contribution in [0.4, 0.5) is 0 Å². The van der Waals surface area contributed by atoms with Crippen LogP contribution in [0.25, 0.3) is 0 Å². The van der Waals surface area contributed by atoms with E-state index in [0.29, 0.717) is 64.2 Å². The monoisotopic (exact) mass is 988 g/mol. The molecule has 3 N–H and O–H groups in total. The van der Waals surface area contributed by atoms with Crippen LogP contribution in [-0.2, 0) is 44.6 Å². The van der Waals surface area contributed by atoms with Gasteiger partial charge in [-0.1, -0.05) is 13.3 Å². The van der Waals surface area contributed by atoms with Crippen LogP contribution in [0.5, 0.6) is 0 Å². The molecule has 6 rings (SSSR count). The molecule has 0 aromatic carbocycles. The zero-order valence-corrected chi connectivity index (χ0v) is 46.5. The number of amides is 1. The number of nitrogens with zero attached hydrogens (tertiary/aromatic N) is 6. The molecule has 348 valence electrons. The van der Waals surface area contributed by atoms with Crippen molar-refractivity contribution in [2.24, 2.45) is 42.5 Å². The van der Waals surface area contributed by atoms with Gasteiger partial charge in [-0.3, -0.25) is 14.0 Å². The van der Waals surface area contributed by atoms with Crippen LogP contribution in [0.1, 0.15) is 129 Å². The smallest absolute Gasteiger partial charge is 0.750 e. The van der Waals surface area contributed by atoms with Crippen molar-refractivity contribution in [1.82, 2.24) is 10.6 Å². The summed E-state index contributed by atoms with van der Waals surface area (Å²) in [4.78, 5) is 12.5. The Kier molecular flexibility index (Phi) is 27.6. The summed E-state index contributed by atoms with van der Waals surface area (Å²) in [6.07, 6.45) is 9.97. The van der Waals surface area contributed by atoms with Crippen molar-refractivity contribution in [1.29, 1.82) is 0 Å².